The number of nitrogens with zero attached hydrogens (tertiary/aromatic N) is 1. The number of benzene rings is 1. The number of rotatable bonds is 6. The van der Waals surface area contributed by atoms with E-state index in [1.807, 2.05) is 18.2 Å². The molecule has 2 aliphatic rings. The van der Waals surface area contributed by atoms with Crippen LogP contribution in [0.25, 0.3) is 0 Å². The van der Waals surface area contributed by atoms with Gasteiger partial charge < -0.3 is 10.2 Å². The van der Waals surface area contributed by atoms with Gasteiger partial charge in [0.2, 0.25) is 0 Å². The molecule has 1 heterocycles. The van der Waals surface area contributed by atoms with Crippen molar-refractivity contribution in [2.45, 2.75) is 43.7 Å². The molecule has 0 spiro atoms. The van der Waals surface area contributed by atoms with Crippen LogP contribution in [0.4, 0.5) is 5.69 Å². The van der Waals surface area contributed by atoms with Gasteiger partial charge in [-0.1, -0.05) is 12.1 Å². The van der Waals surface area contributed by atoms with Crippen molar-refractivity contribution >= 4 is 5.69 Å². The molecule has 0 atom stereocenters. The minimum Gasteiger partial charge on any atom is -0.468 e. The van der Waals surface area contributed by atoms with Gasteiger partial charge in [-0.2, -0.15) is 0 Å². The Balaban J connectivity index is 1.51. The van der Waals surface area contributed by atoms with Gasteiger partial charge in [0.1, 0.15) is 5.76 Å². The molecule has 2 aromatic rings. The molecule has 4 rings (SSSR count). The number of nitrogen functional groups attached to an aromatic ring is 1. The van der Waals surface area contributed by atoms with Crippen LogP contribution in [-0.2, 0) is 12.0 Å². The normalized spacial score (nSPS) is 19.9. The van der Waals surface area contributed by atoms with Gasteiger partial charge in [0.25, 0.3) is 0 Å². The van der Waals surface area contributed by atoms with Gasteiger partial charge in [-0.25, -0.2) is 0 Å². The van der Waals surface area contributed by atoms with E-state index < -0.39 is 0 Å². The van der Waals surface area contributed by atoms with E-state index in [4.69, 9.17) is 10.2 Å². The zero-order chi connectivity index (χ0) is 14.3. The molecule has 2 aliphatic carbocycles. The summed E-state index contributed by atoms with van der Waals surface area (Å²) in [4.78, 5) is 2.61. The molecular formula is C18H22N2O. The summed E-state index contributed by atoms with van der Waals surface area (Å²) in [6, 6.07) is 13.3. The van der Waals surface area contributed by atoms with Crippen LogP contribution >= 0.6 is 0 Å². The van der Waals surface area contributed by atoms with Crippen molar-refractivity contribution in [1.82, 2.24) is 4.90 Å². The summed E-state index contributed by atoms with van der Waals surface area (Å²) in [6.07, 6.45) is 7.01. The third-order valence-electron chi connectivity index (χ3n) is 4.88. The van der Waals surface area contributed by atoms with Crippen molar-refractivity contribution in [3.05, 3.63) is 54.0 Å². The summed E-state index contributed by atoms with van der Waals surface area (Å²) in [5, 5.41) is 0. The Labute approximate surface area is 125 Å². The summed E-state index contributed by atoms with van der Waals surface area (Å²) >= 11 is 0. The Morgan fingerprint density at radius 3 is 2.48 bits per heavy atom. The standard InChI is InChI=1S/C18H22N2O/c19-15-5-3-14(4-6-15)18(9-10-18)13-20(16-7-8-16)12-17-2-1-11-21-17/h1-6,11,16H,7-10,12-13,19H2. The first kappa shape index (κ1) is 13.0. The molecule has 21 heavy (non-hydrogen) atoms. The second kappa shape index (κ2) is 4.92. The van der Waals surface area contributed by atoms with Crippen molar-refractivity contribution in [3.63, 3.8) is 0 Å². The van der Waals surface area contributed by atoms with Gasteiger partial charge in [-0.3, -0.25) is 4.90 Å². The fourth-order valence-corrected chi connectivity index (χ4v) is 3.27. The number of hydrogen-bond acceptors (Lipinski definition) is 3. The van der Waals surface area contributed by atoms with E-state index in [1.54, 1.807) is 6.26 Å². The van der Waals surface area contributed by atoms with Crippen LogP contribution in [0.2, 0.25) is 0 Å². The molecule has 1 aromatic carbocycles. The predicted octanol–water partition coefficient (Wildman–Crippen LogP) is 3.56. The Morgan fingerprint density at radius 1 is 1.14 bits per heavy atom. The Morgan fingerprint density at radius 2 is 1.90 bits per heavy atom. The molecule has 2 N–H and O–H groups in total. The van der Waals surface area contributed by atoms with Crippen molar-refractivity contribution in [2.24, 2.45) is 0 Å². The molecule has 0 radical (unpaired) electrons. The fraction of sp³-hybridized carbons (Fsp3) is 0.444. The quantitative estimate of drug-likeness (QED) is 0.824. The lowest BCUT2D eigenvalue weighted by Crippen LogP contribution is -2.33. The molecule has 0 aliphatic heterocycles. The van der Waals surface area contributed by atoms with Gasteiger partial charge in [0, 0.05) is 23.7 Å². The van der Waals surface area contributed by atoms with E-state index in [1.165, 1.54) is 31.2 Å². The maximum Gasteiger partial charge on any atom is 0.117 e. The van der Waals surface area contributed by atoms with Gasteiger partial charge in [0.15, 0.2) is 0 Å². The molecule has 2 saturated carbocycles. The van der Waals surface area contributed by atoms with E-state index in [-0.39, 0.29) is 0 Å². The van der Waals surface area contributed by atoms with E-state index in [9.17, 15) is 0 Å². The van der Waals surface area contributed by atoms with Crippen molar-refractivity contribution in [2.75, 3.05) is 12.3 Å². The Kier molecular flexibility index (Phi) is 3.03. The van der Waals surface area contributed by atoms with Crippen LogP contribution < -0.4 is 5.73 Å². The summed E-state index contributed by atoms with van der Waals surface area (Å²) in [5.74, 6) is 1.08. The average molecular weight is 282 g/mol. The molecule has 2 fully saturated rings. The first-order valence-electron chi connectivity index (χ1n) is 7.88. The van der Waals surface area contributed by atoms with Crippen LogP contribution in [0.3, 0.4) is 0 Å². The van der Waals surface area contributed by atoms with Crippen LogP contribution in [-0.4, -0.2) is 17.5 Å². The zero-order valence-corrected chi connectivity index (χ0v) is 12.3. The van der Waals surface area contributed by atoms with Crippen molar-refractivity contribution in [1.29, 1.82) is 0 Å². The molecule has 1 aromatic heterocycles. The molecule has 0 unspecified atom stereocenters. The first-order chi connectivity index (χ1) is 10.3. The molecule has 0 amide bonds. The minimum atomic E-state index is 0.350. The highest BCUT2D eigenvalue weighted by molar-refractivity contribution is 5.43. The molecular weight excluding hydrogens is 260 g/mol. The van der Waals surface area contributed by atoms with Gasteiger partial charge in [0.05, 0.1) is 12.8 Å². The zero-order valence-electron chi connectivity index (χ0n) is 12.3. The number of furan rings is 1. The largest absolute Gasteiger partial charge is 0.468 e. The van der Waals surface area contributed by atoms with Crippen molar-refractivity contribution in [3.8, 4) is 0 Å². The smallest absolute Gasteiger partial charge is 0.117 e. The topological polar surface area (TPSA) is 42.4 Å². The Bertz CT molecular complexity index is 595. The van der Waals surface area contributed by atoms with Crippen molar-refractivity contribution < 1.29 is 4.42 Å². The SMILES string of the molecule is Nc1ccc(C2(CN(Cc3ccco3)C3CC3)CC2)cc1. The maximum atomic E-state index is 5.82. The van der Waals surface area contributed by atoms with E-state index in [2.05, 4.69) is 23.1 Å². The number of anilines is 1. The summed E-state index contributed by atoms with van der Waals surface area (Å²) in [6.45, 7) is 2.08. The summed E-state index contributed by atoms with van der Waals surface area (Å²) in [7, 11) is 0. The predicted molar refractivity (Wildman–Crippen MR) is 83.9 cm³/mol. The molecule has 110 valence electrons. The summed E-state index contributed by atoms with van der Waals surface area (Å²) < 4.78 is 5.54. The maximum absolute atomic E-state index is 5.82. The average Bonchev–Trinajstić information content (AvgIpc) is 3.40. The summed E-state index contributed by atoms with van der Waals surface area (Å²) in [5.41, 5.74) is 8.46. The molecule has 3 nitrogen and oxygen atoms in total. The molecule has 0 saturated heterocycles. The van der Waals surface area contributed by atoms with E-state index in [0.29, 0.717) is 5.41 Å². The van der Waals surface area contributed by atoms with Gasteiger partial charge in [-0.15, -0.1) is 0 Å². The molecule has 3 heteroatoms. The highest BCUT2D eigenvalue weighted by Crippen LogP contribution is 2.50. The van der Waals surface area contributed by atoms with Gasteiger partial charge in [-0.05, 0) is 55.5 Å². The fourth-order valence-electron chi connectivity index (χ4n) is 3.27. The lowest BCUT2D eigenvalue weighted by atomic mass is 9.95. The van der Waals surface area contributed by atoms with E-state index in [0.717, 1.165) is 30.6 Å². The molecule has 0 bridgehead atoms. The number of nitrogens with two attached hydrogens (primary N) is 1. The second-order valence-electron chi connectivity index (χ2n) is 6.62. The third kappa shape index (κ3) is 2.70. The van der Waals surface area contributed by atoms with Crippen LogP contribution in [0, 0.1) is 0 Å². The highest BCUT2D eigenvalue weighted by Gasteiger charge is 2.47. The van der Waals surface area contributed by atoms with Gasteiger partial charge >= 0.3 is 0 Å². The second-order valence-corrected chi connectivity index (χ2v) is 6.62. The van der Waals surface area contributed by atoms with Crippen LogP contribution in [0.15, 0.2) is 47.1 Å². The first-order valence-corrected chi connectivity index (χ1v) is 7.88. The monoisotopic (exact) mass is 282 g/mol. The lowest BCUT2D eigenvalue weighted by Gasteiger charge is -2.27. The highest BCUT2D eigenvalue weighted by atomic mass is 16.3. The van der Waals surface area contributed by atoms with Crippen LogP contribution in [0.5, 0.6) is 0 Å². The van der Waals surface area contributed by atoms with Crippen LogP contribution in [0.1, 0.15) is 37.0 Å². The Hall–Kier alpha value is -1.74. The number of hydrogen-bond donors (Lipinski definition) is 1. The lowest BCUT2D eigenvalue weighted by molar-refractivity contribution is 0.213. The third-order valence-corrected chi connectivity index (χ3v) is 4.88. The minimum absolute atomic E-state index is 0.350. The van der Waals surface area contributed by atoms with E-state index >= 15 is 0 Å².